The number of hydrogen-bond acceptors (Lipinski definition) is 3. The highest BCUT2D eigenvalue weighted by atomic mass is 19.1. The van der Waals surface area contributed by atoms with Gasteiger partial charge in [-0.3, -0.25) is 4.90 Å². The summed E-state index contributed by atoms with van der Waals surface area (Å²) in [7, 11) is 0. The number of aromatic hydroxyl groups is 1. The maximum absolute atomic E-state index is 13.2. The Morgan fingerprint density at radius 3 is 2.71 bits per heavy atom. The number of benzene rings is 1. The van der Waals surface area contributed by atoms with Crippen LogP contribution in [0.4, 0.5) is 8.78 Å². The maximum atomic E-state index is 13.2. The van der Waals surface area contributed by atoms with Crippen molar-refractivity contribution in [3.8, 4) is 5.75 Å². The highest BCUT2D eigenvalue weighted by molar-refractivity contribution is 5.36. The lowest BCUT2D eigenvalue weighted by Crippen LogP contribution is -2.45. The third kappa shape index (κ3) is 2.56. The Hall–Kier alpha value is -1.20. The van der Waals surface area contributed by atoms with Gasteiger partial charge in [-0.2, -0.15) is 0 Å². The first-order valence-electron chi connectivity index (χ1n) is 5.72. The summed E-state index contributed by atoms with van der Waals surface area (Å²) in [4.78, 5) is 1.92. The van der Waals surface area contributed by atoms with Crippen molar-refractivity contribution in [3.05, 3.63) is 29.6 Å². The average molecular weight is 242 g/mol. The number of nitrogens with zero attached hydrogens (tertiary/aromatic N) is 1. The van der Waals surface area contributed by atoms with Crippen molar-refractivity contribution in [1.82, 2.24) is 10.2 Å². The predicted molar refractivity (Wildman–Crippen MR) is 61.2 cm³/mol. The molecule has 5 heteroatoms. The molecule has 2 N–H and O–H groups in total. The van der Waals surface area contributed by atoms with Gasteiger partial charge >= 0.3 is 0 Å². The second kappa shape index (κ2) is 5.42. The molecule has 0 bridgehead atoms. The van der Waals surface area contributed by atoms with Crippen LogP contribution in [0.1, 0.15) is 11.6 Å². The van der Waals surface area contributed by atoms with E-state index in [9.17, 15) is 13.9 Å². The van der Waals surface area contributed by atoms with E-state index in [1.807, 2.05) is 4.90 Å². The molecule has 1 aromatic carbocycles. The van der Waals surface area contributed by atoms with Gasteiger partial charge in [-0.1, -0.05) is 12.1 Å². The van der Waals surface area contributed by atoms with Crippen molar-refractivity contribution in [2.75, 3.05) is 32.9 Å². The molecule has 0 aromatic heterocycles. The van der Waals surface area contributed by atoms with E-state index in [4.69, 9.17) is 0 Å². The van der Waals surface area contributed by atoms with Crippen molar-refractivity contribution in [2.24, 2.45) is 0 Å². The van der Waals surface area contributed by atoms with E-state index in [-0.39, 0.29) is 0 Å². The van der Waals surface area contributed by atoms with Gasteiger partial charge in [0.25, 0.3) is 0 Å². The number of halogens is 2. The normalized spacial score (nSPS) is 19.2. The molecule has 1 fully saturated rings. The van der Waals surface area contributed by atoms with E-state index in [0.29, 0.717) is 18.7 Å². The van der Waals surface area contributed by atoms with E-state index in [1.165, 1.54) is 12.1 Å². The number of alkyl halides is 1. The SMILES string of the molecule is Oc1c(F)cccc1[C@@H](CF)N1CCNCC1. The van der Waals surface area contributed by atoms with Crippen LogP contribution < -0.4 is 5.32 Å². The minimum Gasteiger partial charge on any atom is -0.505 e. The number of para-hydroxylation sites is 1. The molecule has 0 spiro atoms. The maximum Gasteiger partial charge on any atom is 0.165 e. The van der Waals surface area contributed by atoms with E-state index in [0.717, 1.165) is 13.1 Å². The molecule has 3 nitrogen and oxygen atoms in total. The third-order valence-corrected chi connectivity index (χ3v) is 3.12. The molecule has 94 valence electrons. The van der Waals surface area contributed by atoms with Gasteiger partial charge in [0.2, 0.25) is 0 Å². The van der Waals surface area contributed by atoms with Gasteiger partial charge < -0.3 is 10.4 Å². The first-order chi connectivity index (χ1) is 8.24. The molecule has 1 saturated heterocycles. The largest absolute Gasteiger partial charge is 0.505 e. The molecule has 1 aliphatic heterocycles. The number of nitrogens with one attached hydrogen (secondary N) is 1. The Labute approximate surface area is 99.1 Å². The van der Waals surface area contributed by atoms with Gasteiger partial charge in [0.15, 0.2) is 11.6 Å². The van der Waals surface area contributed by atoms with Gasteiger partial charge in [0.05, 0.1) is 6.04 Å². The molecule has 0 radical (unpaired) electrons. The smallest absolute Gasteiger partial charge is 0.165 e. The summed E-state index contributed by atoms with van der Waals surface area (Å²) < 4.78 is 26.4. The molecular formula is C12H16F2N2O. The highest BCUT2D eigenvalue weighted by Crippen LogP contribution is 2.31. The Balaban J connectivity index is 2.24. The van der Waals surface area contributed by atoms with Crippen LogP contribution in [0.2, 0.25) is 0 Å². The van der Waals surface area contributed by atoms with E-state index in [2.05, 4.69) is 5.32 Å². The monoisotopic (exact) mass is 242 g/mol. The predicted octanol–water partition coefficient (Wildman–Crippen LogP) is 1.45. The van der Waals surface area contributed by atoms with Crippen LogP contribution >= 0.6 is 0 Å². The zero-order valence-corrected chi connectivity index (χ0v) is 9.50. The number of piperazine rings is 1. The number of rotatable bonds is 3. The van der Waals surface area contributed by atoms with Crippen LogP contribution in [0.3, 0.4) is 0 Å². The summed E-state index contributed by atoms with van der Waals surface area (Å²) in [6.45, 7) is 2.34. The number of hydrogen-bond donors (Lipinski definition) is 2. The molecule has 17 heavy (non-hydrogen) atoms. The van der Waals surface area contributed by atoms with Crippen LogP contribution in [-0.2, 0) is 0 Å². The Bertz CT molecular complexity index is 381. The fourth-order valence-electron chi connectivity index (χ4n) is 2.17. The summed E-state index contributed by atoms with van der Waals surface area (Å²) in [5, 5.41) is 12.8. The summed E-state index contributed by atoms with van der Waals surface area (Å²) in [6.07, 6.45) is 0. The van der Waals surface area contributed by atoms with Crippen LogP contribution in [0.5, 0.6) is 5.75 Å². The van der Waals surface area contributed by atoms with Crippen molar-refractivity contribution >= 4 is 0 Å². The Morgan fingerprint density at radius 1 is 1.35 bits per heavy atom. The molecule has 2 rings (SSSR count). The quantitative estimate of drug-likeness (QED) is 0.842. The molecule has 0 aliphatic carbocycles. The van der Waals surface area contributed by atoms with E-state index >= 15 is 0 Å². The van der Waals surface area contributed by atoms with E-state index < -0.39 is 24.3 Å². The third-order valence-electron chi connectivity index (χ3n) is 3.12. The van der Waals surface area contributed by atoms with Crippen LogP contribution in [0, 0.1) is 5.82 Å². The van der Waals surface area contributed by atoms with Crippen molar-refractivity contribution in [2.45, 2.75) is 6.04 Å². The Morgan fingerprint density at radius 2 is 2.06 bits per heavy atom. The van der Waals surface area contributed by atoms with E-state index in [1.54, 1.807) is 6.07 Å². The van der Waals surface area contributed by atoms with Crippen LogP contribution in [0.25, 0.3) is 0 Å². The average Bonchev–Trinajstić information content (AvgIpc) is 2.37. The molecule has 0 saturated carbocycles. The lowest BCUT2D eigenvalue weighted by Gasteiger charge is -2.33. The molecule has 1 aromatic rings. The van der Waals surface area contributed by atoms with Gasteiger partial charge in [-0.05, 0) is 6.07 Å². The topological polar surface area (TPSA) is 35.5 Å². The second-order valence-corrected chi connectivity index (χ2v) is 4.13. The molecule has 0 unspecified atom stereocenters. The van der Waals surface area contributed by atoms with Crippen molar-refractivity contribution < 1.29 is 13.9 Å². The lowest BCUT2D eigenvalue weighted by atomic mass is 10.0. The summed E-state index contributed by atoms with van der Waals surface area (Å²) in [6, 6.07) is 3.68. The van der Waals surface area contributed by atoms with Gasteiger partial charge in [0, 0.05) is 31.7 Å². The fraction of sp³-hybridized carbons (Fsp3) is 0.500. The molecule has 1 heterocycles. The second-order valence-electron chi connectivity index (χ2n) is 4.13. The van der Waals surface area contributed by atoms with Crippen molar-refractivity contribution in [1.29, 1.82) is 0 Å². The fourth-order valence-corrected chi connectivity index (χ4v) is 2.17. The zero-order valence-electron chi connectivity index (χ0n) is 9.50. The molecule has 1 aliphatic rings. The summed E-state index contributed by atoms with van der Waals surface area (Å²) in [5.41, 5.74) is 0.328. The first kappa shape index (κ1) is 12.3. The zero-order chi connectivity index (χ0) is 12.3. The first-order valence-corrected chi connectivity index (χ1v) is 5.72. The minimum absolute atomic E-state index is 0.328. The van der Waals surface area contributed by atoms with Gasteiger partial charge in [-0.25, -0.2) is 8.78 Å². The lowest BCUT2D eigenvalue weighted by molar-refractivity contribution is 0.144. The highest BCUT2D eigenvalue weighted by Gasteiger charge is 2.25. The minimum atomic E-state index is -0.698. The molecule has 1 atom stereocenters. The summed E-state index contributed by atoms with van der Waals surface area (Å²) >= 11 is 0. The van der Waals surface area contributed by atoms with Crippen molar-refractivity contribution in [3.63, 3.8) is 0 Å². The van der Waals surface area contributed by atoms with Crippen LogP contribution in [-0.4, -0.2) is 42.9 Å². The number of phenolic OH excluding ortho intramolecular Hbond substituents is 1. The van der Waals surface area contributed by atoms with Crippen LogP contribution in [0.15, 0.2) is 18.2 Å². The summed E-state index contributed by atoms with van der Waals surface area (Å²) in [5.74, 6) is -1.13. The number of phenols is 1. The van der Waals surface area contributed by atoms with Gasteiger partial charge in [0.1, 0.15) is 6.67 Å². The molecular weight excluding hydrogens is 226 g/mol. The molecule has 0 amide bonds. The standard InChI is InChI=1S/C12H16F2N2O/c13-8-11(16-6-4-15-5-7-16)9-2-1-3-10(14)12(9)17/h1-3,11,15,17H,4-8H2/t11-/m1/s1. The van der Waals surface area contributed by atoms with Gasteiger partial charge in [-0.15, -0.1) is 0 Å². The Kier molecular flexibility index (Phi) is 3.91.